The highest BCUT2D eigenvalue weighted by Crippen LogP contribution is 2.12. The SMILES string of the molecule is CC(=Cc1ccc(C)c(C)c1)CNCC(C)C. The Balaban J connectivity index is 2.58. The van der Waals surface area contributed by atoms with Gasteiger partial charge in [-0.1, -0.05) is 43.7 Å². The van der Waals surface area contributed by atoms with E-state index in [1.54, 1.807) is 0 Å². The van der Waals surface area contributed by atoms with Gasteiger partial charge in [-0.05, 0) is 49.9 Å². The first-order chi connectivity index (χ1) is 7.99. The Hall–Kier alpha value is -1.08. The molecule has 0 aliphatic rings. The Labute approximate surface area is 106 Å². The predicted octanol–water partition coefficient (Wildman–Crippen LogP) is 3.95. The largest absolute Gasteiger partial charge is 0.313 e. The highest BCUT2D eigenvalue weighted by Gasteiger charge is 1.96. The quantitative estimate of drug-likeness (QED) is 0.809. The van der Waals surface area contributed by atoms with Crippen LogP contribution in [0, 0.1) is 19.8 Å². The first kappa shape index (κ1) is 14.0. The Morgan fingerprint density at radius 1 is 1.24 bits per heavy atom. The van der Waals surface area contributed by atoms with Crippen LogP contribution in [0.25, 0.3) is 6.08 Å². The van der Waals surface area contributed by atoms with Crippen molar-refractivity contribution in [2.75, 3.05) is 13.1 Å². The first-order valence-corrected chi connectivity index (χ1v) is 6.44. The number of aryl methyl sites for hydroxylation is 2. The van der Waals surface area contributed by atoms with Crippen LogP contribution in [0.1, 0.15) is 37.5 Å². The molecule has 1 aromatic rings. The number of nitrogens with one attached hydrogen (secondary N) is 1. The van der Waals surface area contributed by atoms with E-state index in [0.717, 1.165) is 13.1 Å². The fourth-order valence-electron chi connectivity index (χ4n) is 1.75. The number of hydrogen-bond acceptors (Lipinski definition) is 1. The van der Waals surface area contributed by atoms with Gasteiger partial charge in [0, 0.05) is 6.54 Å². The van der Waals surface area contributed by atoms with Crippen molar-refractivity contribution < 1.29 is 0 Å². The van der Waals surface area contributed by atoms with Crippen molar-refractivity contribution >= 4 is 6.08 Å². The van der Waals surface area contributed by atoms with Crippen LogP contribution in [0.3, 0.4) is 0 Å². The fourth-order valence-corrected chi connectivity index (χ4v) is 1.75. The van der Waals surface area contributed by atoms with Crippen LogP contribution in [0.2, 0.25) is 0 Å². The maximum Gasteiger partial charge on any atom is 0.0165 e. The predicted molar refractivity (Wildman–Crippen MR) is 77.3 cm³/mol. The van der Waals surface area contributed by atoms with Gasteiger partial charge in [0.05, 0.1) is 0 Å². The van der Waals surface area contributed by atoms with Crippen molar-refractivity contribution in [3.63, 3.8) is 0 Å². The molecule has 0 saturated carbocycles. The molecule has 1 aromatic carbocycles. The van der Waals surface area contributed by atoms with Gasteiger partial charge in [0.2, 0.25) is 0 Å². The molecule has 1 heteroatoms. The molecule has 17 heavy (non-hydrogen) atoms. The van der Waals surface area contributed by atoms with Crippen LogP contribution in [0.5, 0.6) is 0 Å². The second kappa shape index (κ2) is 6.61. The van der Waals surface area contributed by atoms with Crippen LogP contribution in [-0.4, -0.2) is 13.1 Å². The molecule has 1 rings (SSSR count). The molecule has 1 N–H and O–H groups in total. The fraction of sp³-hybridized carbons (Fsp3) is 0.500. The van der Waals surface area contributed by atoms with Crippen molar-refractivity contribution in [2.45, 2.75) is 34.6 Å². The molecular weight excluding hydrogens is 206 g/mol. The van der Waals surface area contributed by atoms with Crippen molar-refractivity contribution in [2.24, 2.45) is 5.92 Å². The smallest absolute Gasteiger partial charge is 0.0165 e. The third kappa shape index (κ3) is 5.18. The van der Waals surface area contributed by atoms with Gasteiger partial charge in [-0.25, -0.2) is 0 Å². The van der Waals surface area contributed by atoms with Gasteiger partial charge in [-0.2, -0.15) is 0 Å². The van der Waals surface area contributed by atoms with Crippen molar-refractivity contribution in [1.29, 1.82) is 0 Å². The molecule has 0 aromatic heterocycles. The van der Waals surface area contributed by atoms with Gasteiger partial charge in [-0.3, -0.25) is 0 Å². The summed E-state index contributed by atoms with van der Waals surface area (Å²) in [5, 5.41) is 3.46. The lowest BCUT2D eigenvalue weighted by molar-refractivity contribution is 0.572. The summed E-state index contributed by atoms with van der Waals surface area (Å²) in [4.78, 5) is 0. The minimum atomic E-state index is 0.712. The molecule has 0 atom stereocenters. The topological polar surface area (TPSA) is 12.0 Å². The minimum Gasteiger partial charge on any atom is -0.313 e. The van der Waals surface area contributed by atoms with Gasteiger partial charge in [-0.15, -0.1) is 0 Å². The van der Waals surface area contributed by atoms with E-state index in [4.69, 9.17) is 0 Å². The Kier molecular flexibility index (Phi) is 5.43. The van der Waals surface area contributed by atoms with E-state index in [1.165, 1.54) is 22.3 Å². The molecule has 0 unspecified atom stereocenters. The maximum atomic E-state index is 3.46. The highest BCUT2D eigenvalue weighted by molar-refractivity contribution is 5.54. The van der Waals surface area contributed by atoms with Gasteiger partial charge in [0.25, 0.3) is 0 Å². The van der Waals surface area contributed by atoms with E-state index in [2.05, 4.69) is 64.2 Å². The normalized spacial score (nSPS) is 12.2. The molecule has 0 fully saturated rings. The summed E-state index contributed by atoms with van der Waals surface area (Å²) >= 11 is 0. The third-order valence-electron chi connectivity index (χ3n) is 2.90. The van der Waals surface area contributed by atoms with E-state index in [1.807, 2.05) is 0 Å². The average Bonchev–Trinajstić information content (AvgIpc) is 2.23. The zero-order chi connectivity index (χ0) is 12.8. The van der Waals surface area contributed by atoms with E-state index in [9.17, 15) is 0 Å². The van der Waals surface area contributed by atoms with Gasteiger partial charge >= 0.3 is 0 Å². The Morgan fingerprint density at radius 3 is 2.53 bits per heavy atom. The van der Waals surface area contributed by atoms with Crippen molar-refractivity contribution in [3.8, 4) is 0 Å². The Morgan fingerprint density at radius 2 is 1.94 bits per heavy atom. The number of hydrogen-bond donors (Lipinski definition) is 1. The second-order valence-corrected chi connectivity index (χ2v) is 5.36. The van der Waals surface area contributed by atoms with Crippen LogP contribution in [-0.2, 0) is 0 Å². The molecule has 0 saturated heterocycles. The molecule has 0 bridgehead atoms. The van der Waals surface area contributed by atoms with Gasteiger partial charge in [0.1, 0.15) is 0 Å². The summed E-state index contributed by atoms with van der Waals surface area (Å²) in [5.74, 6) is 0.712. The van der Waals surface area contributed by atoms with E-state index >= 15 is 0 Å². The molecule has 0 spiro atoms. The summed E-state index contributed by atoms with van der Waals surface area (Å²) < 4.78 is 0. The van der Waals surface area contributed by atoms with E-state index in [0.29, 0.717) is 5.92 Å². The molecule has 0 amide bonds. The summed E-state index contributed by atoms with van der Waals surface area (Å²) in [5.41, 5.74) is 5.41. The van der Waals surface area contributed by atoms with Crippen LogP contribution in [0.15, 0.2) is 23.8 Å². The molecular formula is C16H25N. The molecule has 0 radical (unpaired) electrons. The minimum absolute atomic E-state index is 0.712. The monoisotopic (exact) mass is 231 g/mol. The van der Waals surface area contributed by atoms with Crippen LogP contribution >= 0.6 is 0 Å². The van der Waals surface area contributed by atoms with Gasteiger partial charge in [0.15, 0.2) is 0 Å². The summed E-state index contributed by atoms with van der Waals surface area (Å²) in [6.45, 7) is 13.0. The maximum absolute atomic E-state index is 3.46. The molecule has 0 aliphatic carbocycles. The lowest BCUT2D eigenvalue weighted by atomic mass is 10.0. The average molecular weight is 231 g/mol. The number of rotatable bonds is 5. The summed E-state index contributed by atoms with van der Waals surface area (Å²) in [6.07, 6.45) is 2.26. The zero-order valence-electron chi connectivity index (χ0n) is 11.8. The molecule has 1 nitrogen and oxygen atoms in total. The summed E-state index contributed by atoms with van der Waals surface area (Å²) in [7, 11) is 0. The standard InChI is InChI=1S/C16H25N/c1-12(2)10-17-11-13(3)8-16-7-6-14(4)15(5)9-16/h6-9,12,17H,10-11H2,1-5H3. The third-order valence-corrected chi connectivity index (χ3v) is 2.90. The van der Waals surface area contributed by atoms with Crippen molar-refractivity contribution in [3.05, 3.63) is 40.5 Å². The van der Waals surface area contributed by atoms with Crippen LogP contribution in [0.4, 0.5) is 0 Å². The Bertz CT molecular complexity index is 389. The van der Waals surface area contributed by atoms with Gasteiger partial charge < -0.3 is 5.32 Å². The molecule has 0 aliphatic heterocycles. The molecule has 94 valence electrons. The second-order valence-electron chi connectivity index (χ2n) is 5.36. The highest BCUT2D eigenvalue weighted by atomic mass is 14.8. The summed E-state index contributed by atoms with van der Waals surface area (Å²) in [6, 6.07) is 6.63. The first-order valence-electron chi connectivity index (χ1n) is 6.44. The molecule has 0 heterocycles. The van der Waals surface area contributed by atoms with E-state index in [-0.39, 0.29) is 0 Å². The van der Waals surface area contributed by atoms with Crippen molar-refractivity contribution in [1.82, 2.24) is 5.32 Å². The zero-order valence-corrected chi connectivity index (χ0v) is 11.8. The number of benzene rings is 1. The lowest BCUT2D eigenvalue weighted by Crippen LogP contribution is -2.21. The lowest BCUT2D eigenvalue weighted by Gasteiger charge is -2.08. The van der Waals surface area contributed by atoms with Crippen LogP contribution < -0.4 is 5.32 Å². The van der Waals surface area contributed by atoms with E-state index < -0.39 is 0 Å².